The number of hydrogen-bond acceptors (Lipinski definition) is 7. The maximum Gasteiger partial charge on any atom is 0.329 e. The number of aromatic amines is 2. The van der Waals surface area contributed by atoms with E-state index in [1.54, 1.807) is 0 Å². The van der Waals surface area contributed by atoms with Crippen LogP contribution < -0.4 is 11.2 Å². The second-order valence-corrected chi connectivity index (χ2v) is 6.04. The van der Waals surface area contributed by atoms with E-state index in [-0.39, 0.29) is 28.4 Å². The summed E-state index contributed by atoms with van der Waals surface area (Å²) >= 11 is 1.06. The molecule has 2 heterocycles. The van der Waals surface area contributed by atoms with Gasteiger partial charge in [0.15, 0.2) is 22.1 Å². The number of carbonyl (C=O) groups is 1. The van der Waals surface area contributed by atoms with Gasteiger partial charge in [0.05, 0.1) is 10.7 Å². The highest BCUT2D eigenvalue weighted by molar-refractivity contribution is 7.99. The van der Waals surface area contributed by atoms with Crippen molar-refractivity contribution in [1.82, 2.24) is 19.5 Å². The van der Waals surface area contributed by atoms with Crippen LogP contribution in [0.5, 0.6) is 0 Å². The van der Waals surface area contributed by atoms with Gasteiger partial charge in [-0.1, -0.05) is 11.8 Å². The van der Waals surface area contributed by atoms with Crippen LogP contribution in [0.3, 0.4) is 0 Å². The molecule has 0 bridgehead atoms. The minimum Gasteiger partial charge on any atom is -0.327 e. The molecule has 10 nitrogen and oxygen atoms in total. The molecule has 25 heavy (non-hydrogen) atoms. The van der Waals surface area contributed by atoms with E-state index in [1.807, 2.05) is 0 Å². The van der Waals surface area contributed by atoms with Crippen molar-refractivity contribution in [2.75, 3.05) is 5.75 Å². The lowest BCUT2D eigenvalue weighted by Crippen LogP contribution is -2.32. The van der Waals surface area contributed by atoms with Gasteiger partial charge in [-0.05, 0) is 12.1 Å². The van der Waals surface area contributed by atoms with Crippen molar-refractivity contribution in [2.45, 2.75) is 5.16 Å². The molecular formula is C14H11N5O5S. The second-order valence-electron chi connectivity index (χ2n) is 5.08. The monoisotopic (exact) mass is 361 g/mol. The van der Waals surface area contributed by atoms with E-state index in [4.69, 9.17) is 0 Å². The Labute approximate surface area is 143 Å². The number of ketones is 1. The molecule has 0 unspecified atom stereocenters. The molecule has 0 saturated carbocycles. The predicted molar refractivity (Wildman–Crippen MR) is 90.1 cm³/mol. The van der Waals surface area contributed by atoms with Crippen LogP contribution in [0, 0.1) is 10.1 Å². The summed E-state index contributed by atoms with van der Waals surface area (Å²) in [6.07, 6.45) is 0. The van der Waals surface area contributed by atoms with Crippen molar-refractivity contribution in [2.24, 2.45) is 7.05 Å². The molecule has 128 valence electrons. The first-order valence-corrected chi connectivity index (χ1v) is 7.95. The SMILES string of the molecule is Cn1c(=O)[nH]c2nc(SCC(=O)c3ccc([N+](=O)[O-])cc3)[nH]c2c1=O. The summed E-state index contributed by atoms with van der Waals surface area (Å²) in [5.41, 5.74) is -0.590. The quantitative estimate of drug-likeness (QED) is 0.296. The molecule has 1 aromatic carbocycles. The van der Waals surface area contributed by atoms with Crippen LogP contribution in [-0.4, -0.2) is 36.0 Å². The Balaban J connectivity index is 1.77. The van der Waals surface area contributed by atoms with E-state index in [9.17, 15) is 24.5 Å². The van der Waals surface area contributed by atoms with Crippen LogP contribution in [0.2, 0.25) is 0 Å². The fourth-order valence-corrected chi connectivity index (χ4v) is 2.86. The summed E-state index contributed by atoms with van der Waals surface area (Å²) in [5.74, 6) is -0.232. The van der Waals surface area contributed by atoms with Gasteiger partial charge in [0.25, 0.3) is 11.2 Å². The molecule has 0 spiro atoms. The Bertz CT molecular complexity index is 1100. The Morgan fingerprint density at radius 1 is 1.28 bits per heavy atom. The summed E-state index contributed by atoms with van der Waals surface area (Å²) in [6, 6.07) is 5.28. The molecule has 0 amide bonds. The lowest BCUT2D eigenvalue weighted by Gasteiger charge is -1.99. The number of non-ortho nitro benzene ring substituents is 1. The highest BCUT2D eigenvalue weighted by atomic mass is 32.2. The standard InChI is InChI=1S/C14H11N5O5S/c1-18-12(21)10-11(17-14(18)22)16-13(15-10)25-6-9(20)7-2-4-8(5-3-7)19(23)24/h2-5H,6H2,1H3,(H,15,16)(H,17,22). The molecule has 0 radical (unpaired) electrons. The number of nitro benzene ring substituents is 1. The average Bonchev–Trinajstić information content (AvgIpc) is 3.00. The van der Waals surface area contributed by atoms with Crippen LogP contribution in [0.25, 0.3) is 11.2 Å². The first-order chi connectivity index (χ1) is 11.9. The van der Waals surface area contributed by atoms with Crippen LogP contribution in [-0.2, 0) is 7.05 Å². The van der Waals surface area contributed by atoms with Gasteiger partial charge in [0, 0.05) is 24.7 Å². The van der Waals surface area contributed by atoms with Crippen LogP contribution in [0.1, 0.15) is 10.4 Å². The molecule has 0 saturated heterocycles. The number of nitrogens with one attached hydrogen (secondary N) is 2. The van der Waals surface area contributed by atoms with Gasteiger partial charge >= 0.3 is 5.69 Å². The second kappa shape index (κ2) is 6.36. The van der Waals surface area contributed by atoms with Gasteiger partial charge in [-0.2, -0.15) is 0 Å². The average molecular weight is 361 g/mol. The van der Waals surface area contributed by atoms with Crippen molar-refractivity contribution in [1.29, 1.82) is 0 Å². The Morgan fingerprint density at radius 3 is 2.60 bits per heavy atom. The number of nitrogens with zero attached hydrogens (tertiary/aromatic N) is 3. The molecule has 0 aliphatic heterocycles. The number of nitro groups is 1. The highest BCUT2D eigenvalue weighted by Gasteiger charge is 2.13. The molecule has 2 aromatic heterocycles. The molecule has 2 N–H and O–H groups in total. The fourth-order valence-electron chi connectivity index (χ4n) is 2.10. The molecule has 0 aliphatic carbocycles. The molecule has 11 heteroatoms. The Hall–Kier alpha value is -3.21. The summed E-state index contributed by atoms with van der Waals surface area (Å²) < 4.78 is 0.914. The predicted octanol–water partition coefficient (Wildman–Crippen LogP) is 0.833. The number of thioether (sulfide) groups is 1. The number of Topliss-reactive ketones (excluding diaryl/α,β-unsaturated/α-hetero) is 1. The van der Waals surface area contributed by atoms with Crippen molar-refractivity contribution in [3.8, 4) is 0 Å². The molecule has 0 atom stereocenters. The minimum absolute atomic E-state index is 0.0161. The third kappa shape index (κ3) is 3.21. The molecule has 3 rings (SSSR count). The van der Waals surface area contributed by atoms with Crippen molar-refractivity contribution in [3.63, 3.8) is 0 Å². The Morgan fingerprint density at radius 2 is 1.96 bits per heavy atom. The summed E-state index contributed by atoms with van der Waals surface area (Å²) in [4.78, 5) is 55.0. The maximum atomic E-state index is 12.1. The number of benzene rings is 1. The lowest BCUT2D eigenvalue weighted by atomic mass is 10.1. The topological polar surface area (TPSA) is 144 Å². The number of fused-ring (bicyclic) bond motifs is 1. The van der Waals surface area contributed by atoms with E-state index in [0.29, 0.717) is 10.7 Å². The van der Waals surface area contributed by atoms with Crippen LogP contribution in [0.15, 0.2) is 39.0 Å². The summed E-state index contributed by atoms with van der Waals surface area (Å²) in [7, 11) is 1.34. The molecular weight excluding hydrogens is 350 g/mol. The van der Waals surface area contributed by atoms with Gasteiger partial charge in [-0.3, -0.25) is 29.3 Å². The van der Waals surface area contributed by atoms with E-state index < -0.39 is 16.2 Å². The number of rotatable bonds is 5. The molecule has 3 aromatic rings. The smallest absolute Gasteiger partial charge is 0.327 e. The zero-order chi connectivity index (χ0) is 18.1. The number of H-pyrrole nitrogens is 2. The largest absolute Gasteiger partial charge is 0.329 e. The number of carbonyl (C=O) groups excluding carboxylic acids is 1. The number of aromatic nitrogens is 4. The van der Waals surface area contributed by atoms with E-state index in [1.165, 1.54) is 31.3 Å². The highest BCUT2D eigenvalue weighted by Crippen LogP contribution is 2.19. The van der Waals surface area contributed by atoms with E-state index >= 15 is 0 Å². The van der Waals surface area contributed by atoms with Gasteiger partial charge < -0.3 is 4.98 Å². The Kier molecular flexibility index (Phi) is 4.23. The first-order valence-electron chi connectivity index (χ1n) is 6.96. The number of hydrogen-bond donors (Lipinski definition) is 2. The first kappa shape index (κ1) is 16.6. The number of imidazole rings is 1. The maximum absolute atomic E-state index is 12.1. The van der Waals surface area contributed by atoms with Crippen LogP contribution >= 0.6 is 11.8 Å². The van der Waals surface area contributed by atoms with E-state index in [2.05, 4.69) is 15.0 Å². The fraction of sp³-hybridized carbons (Fsp3) is 0.143. The summed E-state index contributed by atoms with van der Waals surface area (Å²) in [5, 5.41) is 10.9. The van der Waals surface area contributed by atoms with E-state index in [0.717, 1.165) is 16.3 Å². The third-order valence-corrected chi connectivity index (χ3v) is 4.34. The van der Waals surface area contributed by atoms with Crippen molar-refractivity contribution >= 4 is 34.4 Å². The zero-order valence-electron chi connectivity index (χ0n) is 12.8. The van der Waals surface area contributed by atoms with Crippen LogP contribution in [0.4, 0.5) is 5.69 Å². The van der Waals surface area contributed by atoms with Gasteiger partial charge in [-0.15, -0.1) is 0 Å². The zero-order valence-corrected chi connectivity index (χ0v) is 13.6. The third-order valence-electron chi connectivity index (χ3n) is 3.47. The lowest BCUT2D eigenvalue weighted by molar-refractivity contribution is -0.384. The van der Waals surface area contributed by atoms with Gasteiger partial charge in [-0.25, -0.2) is 9.78 Å². The minimum atomic E-state index is -0.581. The van der Waals surface area contributed by atoms with Crippen molar-refractivity contribution < 1.29 is 9.72 Å². The molecule has 0 aliphatic rings. The van der Waals surface area contributed by atoms with Gasteiger partial charge in [0.2, 0.25) is 0 Å². The summed E-state index contributed by atoms with van der Waals surface area (Å²) in [6.45, 7) is 0. The normalized spacial score (nSPS) is 10.9. The van der Waals surface area contributed by atoms with Crippen molar-refractivity contribution in [3.05, 3.63) is 60.8 Å². The molecule has 0 fully saturated rings. The van der Waals surface area contributed by atoms with Gasteiger partial charge in [0.1, 0.15) is 0 Å².